The lowest BCUT2D eigenvalue weighted by molar-refractivity contribution is -0.122. The molecule has 7 nitrogen and oxygen atoms in total. The van der Waals surface area contributed by atoms with Gasteiger partial charge in [0.15, 0.2) is 11.5 Å². The Bertz CT molecular complexity index is 1550. The molecule has 1 N–H and O–H groups in total. The Morgan fingerprint density at radius 3 is 2.40 bits per heavy atom. The van der Waals surface area contributed by atoms with Crippen LogP contribution in [0.15, 0.2) is 66.8 Å². The minimum atomic E-state index is -0.802. The molecule has 0 unspecified atom stereocenters. The maximum Gasteiger partial charge on any atom is 0.335 e. The Kier molecular flexibility index (Phi) is 8.97. The first-order valence-corrected chi connectivity index (χ1v) is 13.3. The van der Waals surface area contributed by atoms with Crippen LogP contribution in [-0.2, 0) is 22.6 Å². The van der Waals surface area contributed by atoms with E-state index in [-0.39, 0.29) is 12.2 Å². The molecular formula is C31H28Cl2N2O5. The van der Waals surface area contributed by atoms with Crippen LogP contribution in [0.25, 0.3) is 6.08 Å². The molecule has 3 aromatic carbocycles. The molecule has 3 aromatic rings. The lowest BCUT2D eigenvalue weighted by Gasteiger charge is -2.27. The summed E-state index contributed by atoms with van der Waals surface area (Å²) in [6, 6.07) is 13.1. The summed E-state index contributed by atoms with van der Waals surface area (Å²) in [7, 11) is 0. The van der Waals surface area contributed by atoms with Crippen molar-refractivity contribution in [3.05, 3.63) is 105 Å². The van der Waals surface area contributed by atoms with Crippen LogP contribution >= 0.6 is 23.2 Å². The summed E-state index contributed by atoms with van der Waals surface area (Å²) in [6.07, 6.45) is 3.59. The molecule has 4 rings (SSSR count). The number of urea groups is 1. The van der Waals surface area contributed by atoms with Gasteiger partial charge in [-0.1, -0.05) is 41.4 Å². The van der Waals surface area contributed by atoms with Crippen molar-refractivity contribution in [2.24, 2.45) is 0 Å². The first-order valence-electron chi connectivity index (χ1n) is 12.6. The number of nitrogens with zero attached hydrogens (tertiary/aromatic N) is 1. The van der Waals surface area contributed by atoms with E-state index in [1.54, 1.807) is 42.5 Å². The van der Waals surface area contributed by atoms with Gasteiger partial charge in [-0.2, -0.15) is 0 Å². The first kappa shape index (κ1) is 28.9. The van der Waals surface area contributed by atoms with Gasteiger partial charge in [0.05, 0.1) is 22.3 Å². The van der Waals surface area contributed by atoms with Gasteiger partial charge in [-0.3, -0.25) is 14.9 Å². The van der Waals surface area contributed by atoms with E-state index >= 15 is 0 Å². The number of carbonyl (C=O) groups excluding carboxylic acids is 3. The number of imide groups is 2. The lowest BCUT2D eigenvalue weighted by Crippen LogP contribution is -2.54. The monoisotopic (exact) mass is 578 g/mol. The summed E-state index contributed by atoms with van der Waals surface area (Å²) >= 11 is 12.2. The number of benzene rings is 3. The Balaban J connectivity index is 1.72. The van der Waals surface area contributed by atoms with Crippen molar-refractivity contribution in [3.63, 3.8) is 0 Å². The molecule has 0 atom stereocenters. The number of halogens is 2. The number of hydrogen-bond donors (Lipinski definition) is 1. The summed E-state index contributed by atoms with van der Waals surface area (Å²) in [4.78, 5) is 39.8. The molecule has 1 heterocycles. The summed E-state index contributed by atoms with van der Waals surface area (Å²) in [5, 5.41) is 3.14. The molecule has 1 aliphatic rings. The Morgan fingerprint density at radius 2 is 1.73 bits per heavy atom. The second-order valence-electron chi connectivity index (χ2n) is 9.20. The van der Waals surface area contributed by atoms with E-state index in [0.29, 0.717) is 45.8 Å². The molecule has 0 aromatic heterocycles. The number of barbiturate groups is 1. The average molecular weight is 579 g/mol. The van der Waals surface area contributed by atoms with Crippen LogP contribution in [-0.4, -0.2) is 24.5 Å². The zero-order valence-electron chi connectivity index (χ0n) is 22.3. The van der Waals surface area contributed by atoms with E-state index in [9.17, 15) is 14.4 Å². The zero-order valence-corrected chi connectivity index (χ0v) is 23.9. The van der Waals surface area contributed by atoms with Crippen molar-refractivity contribution < 1.29 is 23.9 Å². The van der Waals surface area contributed by atoms with E-state index in [4.69, 9.17) is 32.7 Å². The number of nitrogens with one attached hydrogen (secondary N) is 1. The predicted molar refractivity (Wildman–Crippen MR) is 157 cm³/mol. The molecule has 0 bridgehead atoms. The highest BCUT2D eigenvalue weighted by molar-refractivity contribution is 6.42. The number of ether oxygens (including phenoxy) is 2. The van der Waals surface area contributed by atoms with Crippen LogP contribution in [0.4, 0.5) is 10.5 Å². The normalized spacial score (nSPS) is 14.4. The molecule has 1 aliphatic heterocycles. The quantitative estimate of drug-likeness (QED) is 0.168. The van der Waals surface area contributed by atoms with Crippen LogP contribution in [0.1, 0.15) is 34.7 Å². The Labute approximate surface area is 243 Å². The van der Waals surface area contributed by atoms with E-state index in [2.05, 4.69) is 11.9 Å². The van der Waals surface area contributed by atoms with E-state index in [0.717, 1.165) is 27.2 Å². The van der Waals surface area contributed by atoms with E-state index < -0.39 is 17.8 Å². The number of aryl methyl sites for hydroxylation is 2. The van der Waals surface area contributed by atoms with Crippen molar-refractivity contribution in [1.82, 2.24) is 5.32 Å². The van der Waals surface area contributed by atoms with Crippen molar-refractivity contribution in [2.75, 3.05) is 11.5 Å². The summed E-state index contributed by atoms with van der Waals surface area (Å²) in [6.45, 7) is 10.1. The molecule has 0 aliphatic carbocycles. The van der Waals surface area contributed by atoms with Gasteiger partial charge >= 0.3 is 6.03 Å². The van der Waals surface area contributed by atoms with Gasteiger partial charge in [-0.05, 0) is 91.9 Å². The second kappa shape index (κ2) is 12.4. The third-order valence-corrected chi connectivity index (χ3v) is 7.09. The molecule has 40 heavy (non-hydrogen) atoms. The molecule has 1 fully saturated rings. The third-order valence-electron chi connectivity index (χ3n) is 6.35. The smallest absolute Gasteiger partial charge is 0.335 e. The second-order valence-corrected chi connectivity index (χ2v) is 10.0. The largest absolute Gasteiger partial charge is 0.490 e. The van der Waals surface area contributed by atoms with Gasteiger partial charge < -0.3 is 9.47 Å². The maximum atomic E-state index is 13.4. The van der Waals surface area contributed by atoms with Crippen LogP contribution in [0.2, 0.25) is 10.0 Å². The molecule has 0 saturated carbocycles. The molecule has 4 amide bonds. The number of allylic oxidation sites excluding steroid dienone is 1. The van der Waals surface area contributed by atoms with Crippen LogP contribution in [0.3, 0.4) is 0 Å². The first-order chi connectivity index (χ1) is 19.1. The number of hydrogen-bond acceptors (Lipinski definition) is 5. The van der Waals surface area contributed by atoms with Gasteiger partial charge in [0.2, 0.25) is 0 Å². The predicted octanol–water partition coefficient (Wildman–Crippen LogP) is 6.98. The van der Waals surface area contributed by atoms with Gasteiger partial charge in [-0.25, -0.2) is 9.69 Å². The molecule has 1 saturated heterocycles. The minimum Gasteiger partial charge on any atom is -0.490 e. The maximum absolute atomic E-state index is 13.4. The molecule has 0 radical (unpaired) electrons. The fourth-order valence-electron chi connectivity index (χ4n) is 4.21. The van der Waals surface area contributed by atoms with Gasteiger partial charge in [0.25, 0.3) is 11.8 Å². The molecule has 9 heteroatoms. The van der Waals surface area contributed by atoms with Crippen molar-refractivity contribution in [3.8, 4) is 11.5 Å². The third kappa shape index (κ3) is 6.22. The number of rotatable bonds is 9. The van der Waals surface area contributed by atoms with Crippen LogP contribution in [0, 0.1) is 13.8 Å². The standard InChI is InChI=1S/C31H28Cl2N2O5/c1-5-7-22-13-21(16-27(39-6-2)28(22)40-17-20-9-11-25(32)26(33)15-20)14-24-29(36)34-31(38)35(30(24)37)23-10-8-18(3)19(4)12-23/h5,8-16H,1,6-7,17H2,2-4H3,(H,34,36,38)/b24-14+. The number of anilines is 1. The summed E-state index contributed by atoms with van der Waals surface area (Å²) in [5.41, 5.74) is 4.18. The number of carbonyl (C=O) groups is 3. The lowest BCUT2D eigenvalue weighted by atomic mass is 10.0. The average Bonchev–Trinajstić information content (AvgIpc) is 2.90. The SMILES string of the molecule is C=CCc1cc(/C=C2\C(=O)NC(=O)N(c3ccc(C)c(C)c3)C2=O)cc(OCC)c1OCc1ccc(Cl)c(Cl)c1. The molecule has 0 spiro atoms. The highest BCUT2D eigenvalue weighted by Crippen LogP contribution is 2.36. The molecule has 206 valence electrons. The fraction of sp³-hybridized carbons (Fsp3) is 0.194. The van der Waals surface area contributed by atoms with Crippen molar-refractivity contribution in [1.29, 1.82) is 0 Å². The van der Waals surface area contributed by atoms with Crippen LogP contribution < -0.4 is 19.7 Å². The Hall–Kier alpha value is -4.07. The van der Waals surface area contributed by atoms with E-state index in [1.807, 2.05) is 32.9 Å². The zero-order chi connectivity index (χ0) is 29.0. The van der Waals surface area contributed by atoms with Crippen LogP contribution in [0.5, 0.6) is 11.5 Å². The highest BCUT2D eigenvalue weighted by atomic mass is 35.5. The topological polar surface area (TPSA) is 84.9 Å². The van der Waals surface area contributed by atoms with Crippen molar-refractivity contribution in [2.45, 2.75) is 33.8 Å². The molecular weight excluding hydrogens is 551 g/mol. The minimum absolute atomic E-state index is 0.186. The van der Waals surface area contributed by atoms with Crippen molar-refractivity contribution >= 4 is 52.8 Å². The van der Waals surface area contributed by atoms with Gasteiger partial charge in [0.1, 0.15) is 12.2 Å². The fourth-order valence-corrected chi connectivity index (χ4v) is 4.53. The Morgan fingerprint density at radius 1 is 0.950 bits per heavy atom. The van der Waals surface area contributed by atoms with Gasteiger partial charge in [0, 0.05) is 5.56 Å². The summed E-state index contributed by atoms with van der Waals surface area (Å²) < 4.78 is 12.0. The summed E-state index contributed by atoms with van der Waals surface area (Å²) in [5.74, 6) is -0.570. The number of amides is 4. The van der Waals surface area contributed by atoms with Gasteiger partial charge in [-0.15, -0.1) is 6.58 Å². The van der Waals surface area contributed by atoms with E-state index in [1.165, 1.54) is 6.08 Å². The highest BCUT2D eigenvalue weighted by Gasteiger charge is 2.37.